The van der Waals surface area contributed by atoms with Crippen LogP contribution in [0.5, 0.6) is 5.75 Å². The zero-order valence-corrected chi connectivity index (χ0v) is 6.34. The molecule has 0 aliphatic rings. The predicted molar refractivity (Wildman–Crippen MR) is 39.7 cm³/mol. The Morgan fingerprint density at radius 3 is 2.23 bits per heavy atom. The maximum Gasteiger partial charge on any atom is 0.271 e. The summed E-state index contributed by atoms with van der Waals surface area (Å²) in [6.45, 7) is 0. The Labute approximate surface area is 71.9 Å². The molecule has 6 heteroatoms. The van der Waals surface area contributed by atoms with Crippen molar-refractivity contribution in [3.63, 3.8) is 0 Å². The van der Waals surface area contributed by atoms with E-state index in [1.54, 1.807) is 5.43 Å². The summed E-state index contributed by atoms with van der Waals surface area (Å²) in [7, 11) is 0. The van der Waals surface area contributed by atoms with Crippen molar-refractivity contribution >= 4 is 5.91 Å². The monoisotopic (exact) mass is 188 g/mol. The molecule has 0 heterocycles. The largest absolute Gasteiger partial charge is 0.508 e. The first kappa shape index (κ1) is 9.40. The van der Waals surface area contributed by atoms with Gasteiger partial charge in [-0.2, -0.15) is 0 Å². The average Bonchev–Trinajstić information content (AvgIpc) is 2.02. The number of hydrogen-bond acceptors (Lipinski definition) is 3. The molecule has 0 aliphatic carbocycles. The number of aromatic hydroxyl groups is 1. The summed E-state index contributed by atoms with van der Waals surface area (Å²) in [5.74, 6) is 0.670. The number of amides is 1. The number of phenols is 1. The van der Waals surface area contributed by atoms with Gasteiger partial charge in [-0.05, 0) is 0 Å². The first-order chi connectivity index (χ1) is 6.06. The third-order valence-electron chi connectivity index (χ3n) is 1.39. The molecule has 0 bridgehead atoms. The molecule has 1 rings (SSSR count). The molecule has 13 heavy (non-hydrogen) atoms. The molecule has 0 atom stereocenters. The number of halogens is 2. The number of carbonyl (C=O) groups is 1. The van der Waals surface area contributed by atoms with Gasteiger partial charge < -0.3 is 5.11 Å². The SMILES string of the molecule is NNC(=O)c1c(F)cc(O)cc1F. The van der Waals surface area contributed by atoms with Crippen LogP contribution in [0.15, 0.2) is 12.1 Å². The molecule has 0 aliphatic heterocycles. The van der Waals surface area contributed by atoms with Crippen molar-refractivity contribution < 1.29 is 18.7 Å². The van der Waals surface area contributed by atoms with E-state index in [0.29, 0.717) is 12.1 Å². The second kappa shape index (κ2) is 3.36. The molecule has 1 amide bonds. The Kier molecular flexibility index (Phi) is 2.43. The third-order valence-corrected chi connectivity index (χ3v) is 1.39. The minimum absolute atomic E-state index is 0.594. The lowest BCUT2D eigenvalue weighted by molar-refractivity contribution is 0.0945. The topological polar surface area (TPSA) is 75.3 Å². The van der Waals surface area contributed by atoms with Gasteiger partial charge in [-0.15, -0.1) is 0 Å². The molecular formula is C7H6F2N2O2. The normalized spacial score (nSPS) is 9.77. The van der Waals surface area contributed by atoms with Gasteiger partial charge in [-0.25, -0.2) is 14.6 Å². The van der Waals surface area contributed by atoms with Gasteiger partial charge in [0.15, 0.2) is 0 Å². The zero-order chi connectivity index (χ0) is 10.0. The average molecular weight is 188 g/mol. The Bertz CT molecular complexity index is 331. The highest BCUT2D eigenvalue weighted by Crippen LogP contribution is 2.18. The van der Waals surface area contributed by atoms with E-state index in [4.69, 9.17) is 5.11 Å². The standard InChI is InChI=1S/C7H6F2N2O2/c8-4-1-3(12)2-5(9)6(4)7(13)11-10/h1-2,12H,10H2,(H,11,13). The number of phenolic OH excluding ortho intramolecular Hbond substituents is 1. The second-order valence-corrected chi connectivity index (χ2v) is 2.26. The van der Waals surface area contributed by atoms with E-state index in [0.717, 1.165) is 0 Å². The number of hydrogen-bond donors (Lipinski definition) is 3. The fraction of sp³-hybridized carbons (Fsp3) is 0. The van der Waals surface area contributed by atoms with Crippen LogP contribution in [-0.2, 0) is 0 Å². The van der Waals surface area contributed by atoms with Gasteiger partial charge in [0.2, 0.25) is 0 Å². The van der Waals surface area contributed by atoms with Crippen molar-refractivity contribution in [3.05, 3.63) is 29.3 Å². The summed E-state index contributed by atoms with van der Waals surface area (Å²) in [5.41, 5.74) is 0.763. The highest BCUT2D eigenvalue weighted by molar-refractivity contribution is 5.94. The lowest BCUT2D eigenvalue weighted by Crippen LogP contribution is -2.31. The van der Waals surface area contributed by atoms with E-state index in [9.17, 15) is 13.6 Å². The fourth-order valence-electron chi connectivity index (χ4n) is 0.849. The molecule has 1 aromatic rings. The van der Waals surface area contributed by atoms with Crippen LogP contribution < -0.4 is 11.3 Å². The van der Waals surface area contributed by atoms with Crippen molar-refractivity contribution in [2.75, 3.05) is 0 Å². The van der Waals surface area contributed by atoms with E-state index in [1.807, 2.05) is 0 Å². The highest BCUT2D eigenvalue weighted by atomic mass is 19.1. The van der Waals surface area contributed by atoms with Crippen molar-refractivity contribution in [2.45, 2.75) is 0 Å². The molecule has 0 aromatic heterocycles. The highest BCUT2D eigenvalue weighted by Gasteiger charge is 2.17. The van der Waals surface area contributed by atoms with Crippen LogP contribution in [0.25, 0.3) is 0 Å². The summed E-state index contributed by atoms with van der Waals surface area (Å²) in [6.07, 6.45) is 0. The van der Waals surface area contributed by atoms with Gasteiger partial charge in [0.1, 0.15) is 22.9 Å². The van der Waals surface area contributed by atoms with E-state index in [2.05, 4.69) is 5.84 Å². The minimum Gasteiger partial charge on any atom is -0.508 e. The van der Waals surface area contributed by atoms with Crippen LogP contribution in [0.4, 0.5) is 8.78 Å². The van der Waals surface area contributed by atoms with Gasteiger partial charge in [0, 0.05) is 12.1 Å². The lowest BCUT2D eigenvalue weighted by atomic mass is 10.2. The lowest BCUT2D eigenvalue weighted by Gasteiger charge is -2.03. The molecule has 0 saturated heterocycles. The van der Waals surface area contributed by atoms with E-state index in [1.165, 1.54) is 0 Å². The molecule has 0 fully saturated rings. The second-order valence-electron chi connectivity index (χ2n) is 2.26. The third kappa shape index (κ3) is 1.73. The molecule has 0 radical (unpaired) electrons. The van der Waals surface area contributed by atoms with Crippen LogP contribution in [0.3, 0.4) is 0 Å². The fourth-order valence-corrected chi connectivity index (χ4v) is 0.849. The molecule has 0 saturated carbocycles. The molecule has 70 valence electrons. The van der Waals surface area contributed by atoms with Crippen LogP contribution in [0, 0.1) is 11.6 Å². The summed E-state index contributed by atoms with van der Waals surface area (Å²) in [4.78, 5) is 10.8. The number of nitrogens with two attached hydrogens (primary N) is 1. The number of benzene rings is 1. The number of carbonyl (C=O) groups excluding carboxylic acids is 1. The quantitative estimate of drug-likeness (QED) is 0.336. The molecule has 4 nitrogen and oxygen atoms in total. The van der Waals surface area contributed by atoms with Gasteiger partial charge in [-0.1, -0.05) is 0 Å². The number of hydrazine groups is 1. The first-order valence-corrected chi connectivity index (χ1v) is 3.25. The number of nitrogens with one attached hydrogen (secondary N) is 1. The number of nitrogen functional groups attached to an aromatic ring is 1. The zero-order valence-electron chi connectivity index (χ0n) is 6.34. The molecule has 4 N–H and O–H groups in total. The Morgan fingerprint density at radius 1 is 1.38 bits per heavy atom. The van der Waals surface area contributed by atoms with E-state index >= 15 is 0 Å². The predicted octanol–water partition coefficient (Wildman–Crippen LogP) is 0.274. The smallest absolute Gasteiger partial charge is 0.271 e. The Hall–Kier alpha value is -1.69. The van der Waals surface area contributed by atoms with Crippen molar-refractivity contribution in [2.24, 2.45) is 5.84 Å². The van der Waals surface area contributed by atoms with Gasteiger partial charge in [-0.3, -0.25) is 10.2 Å². The summed E-state index contributed by atoms with van der Waals surface area (Å²) in [5, 5.41) is 8.73. The van der Waals surface area contributed by atoms with Crippen molar-refractivity contribution in [3.8, 4) is 5.75 Å². The maximum atomic E-state index is 12.8. The van der Waals surface area contributed by atoms with Gasteiger partial charge in [0.25, 0.3) is 5.91 Å². The molecular weight excluding hydrogens is 182 g/mol. The number of rotatable bonds is 1. The summed E-state index contributed by atoms with van der Waals surface area (Å²) < 4.78 is 25.7. The first-order valence-electron chi connectivity index (χ1n) is 3.25. The van der Waals surface area contributed by atoms with Crippen molar-refractivity contribution in [1.29, 1.82) is 0 Å². The molecule has 0 spiro atoms. The van der Waals surface area contributed by atoms with E-state index in [-0.39, 0.29) is 0 Å². The van der Waals surface area contributed by atoms with Crippen LogP contribution >= 0.6 is 0 Å². The van der Waals surface area contributed by atoms with Crippen LogP contribution in [-0.4, -0.2) is 11.0 Å². The summed E-state index contributed by atoms with van der Waals surface area (Å²) in [6, 6.07) is 1.24. The van der Waals surface area contributed by atoms with E-state index < -0.39 is 28.9 Å². The summed E-state index contributed by atoms with van der Waals surface area (Å²) >= 11 is 0. The van der Waals surface area contributed by atoms with Gasteiger partial charge in [0.05, 0.1) is 0 Å². The molecule has 1 aromatic carbocycles. The maximum absolute atomic E-state index is 12.8. The van der Waals surface area contributed by atoms with Crippen molar-refractivity contribution in [1.82, 2.24) is 5.43 Å². The Morgan fingerprint density at radius 2 is 1.85 bits per heavy atom. The molecule has 0 unspecified atom stereocenters. The van der Waals surface area contributed by atoms with Gasteiger partial charge >= 0.3 is 0 Å². The van der Waals surface area contributed by atoms with Crippen LogP contribution in [0.2, 0.25) is 0 Å². The van der Waals surface area contributed by atoms with Crippen LogP contribution in [0.1, 0.15) is 10.4 Å². The minimum atomic E-state index is -1.17. The Balaban J connectivity index is 3.28.